The molecule has 1 unspecified atom stereocenters. The number of anilines is 1. The van der Waals surface area contributed by atoms with E-state index in [1.807, 2.05) is 12.1 Å². The Hall–Kier alpha value is -2.10. The first-order valence-electron chi connectivity index (χ1n) is 6.51. The maximum absolute atomic E-state index is 5.70. The summed E-state index contributed by atoms with van der Waals surface area (Å²) in [6, 6.07) is 9.89. The average molecular weight is 257 g/mol. The molecule has 0 saturated heterocycles. The van der Waals surface area contributed by atoms with E-state index in [0.717, 1.165) is 12.2 Å². The fourth-order valence-electron chi connectivity index (χ4n) is 1.74. The molecule has 2 aromatic rings. The van der Waals surface area contributed by atoms with Gasteiger partial charge in [-0.2, -0.15) is 4.98 Å². The Labute approximate surface area is 113 Å². The van der Waals surface area contributed by atoms with Crippen molar-refractivity contribution in [2.75, 3.05) is 12.4 Å². The second kappa shape index (κ2) is 6.18. The van der Waals surface area contributed by atoms with Crippen LogP contribution in [-0.2, 0) is 0 Å². The minimum Gasteiger partial charge on any atom is -0.439 e. The molecule has 0 amide bonds. The van der Waals surface area contributed by atoms with E-state index in [0.29, 0.717) is 17.7 Å². The van der Waals surface area contributed by atoms with Crippen LogP contribution >= 0.6 is 0 Å². The monoisotopic (exact) mass is 257 g/mol. The molecule has 0 aliphatic rings. The van der Waals surface area contributed by atoms with E-state index in [-0.39, 0.29) is 0 Å². The summed E-state index contributed by atoms with van der Waals surface area (Å²) in [5.74, 6) is 2.45. The number of rotatable bonds is 5. The van der Waals surface area contributed by atoms with Crippen LogP contribution in [0.15, 0.2) is 36.5 Å². The lowest BCUT2D eigenvalue weighted by Crippen LogP contribution is -1.97. The summed E-state index contributed by atoms with van der Waals surface area (Å²) in [5.41, 5.74) is 1.33. The van der Waals surface area contributed by atoms with Crippen LogP contribution < -0.4 is 10.1 Å². The highest BCUT2D eigenvalue weighted by atomic mass is 16.5. The molecule has 100 valence electrons. The third-order valence-corrected chi connectivity index (χ3v) is 3.14. The van der Waals surface area contributed by atoms with E-state index in [4.69, 9.17) is 4.74 Å². The Kier molecular flexibility index (Phi) is 4.34. The van der Waals surface area contributed by atoms with Crippen LogP contribution in [0.1, 0.15) is 31.7 Å². The molecule has 0 spiro atoms. The van der Waals surface area contributed by atoms with Crippen molar-refractivity contribution in [3.8, 4) is 11.6 Å². The van der Waals surface area contributed by atoms with E-state index in [9.17, 15) is 0 Å². The molecule has 4 nitrogen and oxygen atoms in total. The first-order valence-corrected chi connectivity index (χ1v) is 6.51. The van der Waals surface area contributed by atoms with Crippen molar-refractivity contribution in [1.29, 1.82) is 0 Å². The normalized spacial score (nSPS) is 11.9. The summed E-state index contributed by atoms with van der Waals surface area (Å²) in [4.78, 5) is 8.26. The van der Waals surface area contributed by atoms with Gasteiger partial charge in [-0.3, -0.25) is 0 Å². The fourth-order valence-corrected chi connectivity index (χ4v) is 1.74. The fraction of sp³-hybridized carbons (Fsp3) is 0.333. The quantitative estimate of drug-likeness (QED) is 0.884. The minimum absolute atomic E-state index is 0.538. The smallest absolute Gasteiger partial charge is 0.225 e. The SMILES string of the molecule is CCC(C)c1ccc(Oc2ccnc(NC)n2)cc1. The van der Waals surface area contributed by atoms with Gasteiger partial charge in [0.1, 0.15) is 5.75 Å². The highest BCUT2D eigenvalue weighted by Crippen LogP contribution is 2.24. The zero-order valence-electron chi connectivity index (χ0n) is 11.6. The molecule has 2 rings (SSSR count). The zero-order valence-corrected chi connectivity index (χ0v) is 11.6. The van der Waals surface area contributed by atoms with Gasteiger partial charge in [0.15, 0.2) is 0 Å². The van der Waals surface area contributed by atoms with Gasteiger partial charge < -0.3 is 10.1 Å². The molecule has 1 aromatic heterocycles. The van der Waals surface area contributed by atoms with Gasteiger partial charge >= 0.3 is 0 Å². The molecule has 19 heavy (non-hydrogen) atoms. The topological polar surface area (TPSA) is 47.0 Å². The second-order valence-electron chi connectivity index (χ2n) is 4.45. The van der Waals surface area contributed by atoms with E-state index < -0.39 is 0 Å². The zero-order chi connectivity index (χ0) is 13.7. The van der Waals surface area contributed by atoms with Crippen LogP contribution in [0.4, 0.5) is 5.95 Å². The maximum atomic E-state index is 5.70. The average Bonchev–Trinajstić information content (AvgIpc) is 2.47. The molecule has 0 aliphatic heterocycles. The van der Waals surface area contributed by atoms with Crippen molar-refractivity contribution in [3.05, 3.63) is 42.1 Å². The summed E-state index contributed by atoms with van der Waals surface area (Å²) in [5, 5.41) is 2.88. The van der Waals surface area contributed by atoms with E-state index in [1.54, 1.807) is 19.3 Å². The predicted molar refractivity (Wildman–Crippen MR) is 76.8 cm³/mol. The number of nitrogens with zero attached hydrogens (tertiary/aromatic N) is 2. The Morgan fingerprint density at radius 2 is 1.95 bits per heavy atom. The van der Waals surface area contributed by atoms with E-state index >= 15 is 0 Å². The van der Waals surface area contributed by atoms with Crippen molar-refractivity contribution in [1.82, 2.24) is 9.97 Å². The second-order valence-corrected chi connectivity index (χ2v) is 4.45. The number of nitrogens with one attached hydrogen (secondary N) is 1. The molecule has 0 fully saturated rings. The highest BCUT2D eigenvalue weighted by Gasteiger charge is 2.04. The Morgan fingerprint density at radius 3 is 2.58 bits per heavy atom. The first-order chi connectivity index (χ1) is 9.22. The Bertz CT molecular complexity index is 525. The van der Waals surface area contributed by atoms with Gasteiger partial charge in [0.25, 0.3) is 0 Å². The number of hydrogen-bond acceptors (Lipinski definition) is 4. The van der Waals surface area contributed by atoms with Gasteiger partial charge in [-0.25, -0.2) is 4.98 Å². The van der Waals surface area contributed by atoms with E-state index in [1.165, 1.54) is 5.56 Å². The minimum atomic E-state index is 0.538. The summed E-state index contributed by atoms with van der Waals surface area (Å²) >= 11 is 0. The first kappa shape index (κ1) is 13.3. The third-order valence-electron chi connectivity index (χ3n) is 3.14. The standard InChI is InChI=1S/C15H19N3O/c1-4-11(2)12-5-7-13(8-6-12)19-14-9-10-17-15(16-3)18-14/h5-11H,4H2,1-3H3,(H,16,17,18). The molecule has 1 N–H and O–H groups in total. The molecule has 1 heterocycles. The summed E-state index contributed by atoms with van der Waals surface area (Å²) < 4.78 is 5.70. The third kappa shape index (κ3) is 3.44. The van der Waals surface area contributed by atoms with Gasteiger partial charge in [-0.05, 0) is 30.0 Å². The number of aromatic nitrogens is 2. The molecular formula is C15H19N3O. The number of benzene rings is 1. The predicted octanol–water partition coefficient (Wildman–Crippen LogP) is 3.82. The molecular weight excluding hydrogens is 238 g/mol. The highest BCUT2D eigenvalue weighted by molar-refractivity contribution is 5.33. The van der Waals surface area contributed by atoms with Crippen LogP contribution in [0.3, 0.4) is 0 Å². The van der Waals surface area contributed by atoms with Crippen LogP contribution in [0.2, 0.25) is 0 Å². The van der Waals surface area contributed by atoms with Gasteiger partial charge in [0.2, 0.25) is 11.8 Å². The van der Waals surface area contributed by atoms with Gasteiger partial charge in [-0.1, -0.05) is 26.0 Å². The lowest BCUT2D eigenvalue weighted by molar-refractivity contribution is 0.462. The summed E-state index contributed by atoms with van der Waals surface area (Å²) in [6.07, 6.45) is 2.80. The summed E-state index contributed by atoms with van der Waals surface area (Å²) in [6.45, 7) is 4.41. The van der Waals surface area contributed by atoms with Crippen molar-refractivity contribution in [2.24, 2.45) is 0 Å². The van der Waals surface area contributed by atoms with Gasteiger partial charge in [-0.15, -0.1) is 0 Å². The van der Waals surface area contributed by atoms with Crippen LogP contribution in [0, 0.1) is 0 Å². The molecule has 1 atom stereocenters. The molecule has 0 aliphatic carbocycles. The molecule has 1 aromatic carbocycles. The van der Waals surface area contributed by atoms with Crippen LogP contribution in [0.5, 0.6) is 11.6 Å². The molecule has 0 bridgehead atoms. The van der Waals surface area contributed by atoms with Crippen LogP contribution in [0.25, 0.3) is 0 Å². The number of hydrogen-bond donors (Lipinski definition) is 1. The number of ether oxygens (including phenoxy) is 1. The Balaban J connectivity index is 2.10. The molecule has 0 radical (unpaired) electrons. The summed E-state index contributed by atoms with van der Waals surface area (Å²) in [7, 11) is 1.78. The van der Waals surface area contributed by atoms with E-state index in [2.05, 4.69) is 41.3 Å². The maximum Gasteiger partial charge on any atom is 0.225 e. The Morgan fingerprint density at radius 1 is 1.21 bits per heavy atom. The molecule has 4 heteroatoms. The largest absolute Gasteiger partial charge is 0.439 e. The lowest BCUT2D eigenvalue weighted by Gasteiger charge is -2.10. The van der Waals surface area contributed by atoms with Crippen molar-refractivity contribution >= 4 is 5.95 Å². The lowest BCUT2D eigenvalue weighted by atomic mass is 9.99. The van der Waals surface area contributed by atoms with Gasteiger partial charge in [0, 0.05) is 19.3 Å². The van der Waals surface area contributed by atoms with Crippen molar-refractivity contribution < 1.29 is 4.74 Å². The van der Waals surface area contributed by atoms with Gasteiger partial charge in [0.05, 0.1) is 0 Å². The van der Waals surface area contributed by atoms with Crippen LogP contribution in [-0.4, -0.2) is 17.0 Å². The molecule has 0 saturated carbocycles. The van der Waals surface area contributed by atoms with Crippen molar-refractivity contribution in [2.45, 2.75) is 26.2 Å². The van der Waals surface area contributed by atoms with Crippen molar-refractivity contribution in [3.63, 3.8) is 0 Å².